The van der Waals surface area contributed by atoms with E-state index in [1.165, 1.54) is 6.42 Å². The molecule has 0 bridgehead atoms. The van der Waals surface area contributed by atoms with Gasteiger partial charge in [0.05, 0.1) is 5.02 Å². The van der Waals surface area contributed by atoms with Crippen LogP contribution in [0, 0.1) is 0 Å². The molecule has 3 aromatic carbocycles. The van der Waals surface area contributed by atoms with Crippen LogP contribution >= 0.6 is 11.6 Å². The van der Waals surface area contributed by atoms with Crippen molar-refractivity contribution >= 4 is 35.1 Å². The number of benzene rings is 3. The Hall–Kier alpha value is -4.08. The zero-order chi connectivity index (χ0) is 27.8. The average Bonchev–Trinajstić information content (AvgIpc) is 2.94. The van der Waals surface area contributed by atoms with Crippen LogP contribution in [0.25, 0.3) is 0 Å². The molecule has 39 heavy (non-hydrogen) atoms. The lowest BCUT2D eigenvalue weighted by Crippen LogP contribution is -2.34. The van der Waals surface area contributed by atoms with Gasteiger partial charge in [-0.15, -0.1) is 0 Å². The maximum Gasteiger partial charge on any atom is 0.320 e. The number of rotatable bonds is 9. The number of hydrogen-bond donors (Lipinski definition) is 4. The molecule has 10 heteroatoms. The first-order valence-electron chi connectivity index (χ1n) is 12.8. The number of amides is 1. The number of nitrogens with two attached hydrogens (primary N) is 2. The highest BCUT2D eigenvalue weighted by atomic mass is 35.5. The van der Waals surface area contributed by atoms with E-state index in [1.807, 2.05) is 30.3 Å². The second kappa shape index (κ2) is 13.1. The van der Waals surface area contributed by atoms with E-state index in [2.05, 4.69) is 21.3 Å². The number of carbonyl (C=O) groups is 2. The zero-order valence-electron chi connectivity index (χ0n) is 21.5. The molecule has 0 radical (unpaired) electrons. The predicted octanol–water partition coefficient (Wildman–Crippen LogP) is 4.32. The Morgan fingerprint density at radius 3 is 2.38 bits per heavy atom. The summed E-state index contributed by atoms with van der Waals surface area (Å²) < 4.78 is 6.22. The first-order chi connectivity index (χ1) is 18.8. The predicted molar refractivity (Wildman–Crippen MR) is 153 cm³/mol. The van der Waals surface area contributed by atoms with Gasteiger partial charge in [-0.3, -0.25) is 9.59 Å². The van der Waals surface area contributed by atoms with Crippen molar-refractivity contribution < 1.29 is 19.4 Å². The molecule has 1 fully saturated rings. The highest BCUT2D eigenvalue weighted by molar-refractivity contribution is 6.32. The molecule has 0 saturated carbocycles. The SMILES string of the molecule is NC(=NC(=O)c1ccc(CC(N)C(=O)O)cc1)NCc1c(Oc2ccccc2Cl)cccc1N1CCCCC1. The van der Waals surface area contributed by atoms with Gasteiger partial charge in [0.1, 0.15) is 17.5 Å². The summed E-state index contributed by atoms with van der Waals surface area (Å²) in [6.07, 6.45) is 3.59. The van der Waals surface area contributed by atoms with Crippen molar-refractivity contribution in [3.05, 3.63) is 88.4 Å². The van der Waals surface area contributed by atoms with Gasteiger partial charge >= 0.3 is 5.97 Å². The third kappa shape index (κ3) is 7.49. The van der Waals surface area contributed by atoms with Gasteiger partial charge < -0.3 is 31.5 Å². The summed E-state index contributed by atoms with van der Waals surface area (Å²) in [5, 5.41) is 12.5. The maximum absolute atomic E-state index is 12.7. The van der Waals surface area contributed by atoms with Crippen molar-refractivity contribution in [2.45, 2.75) is 38.3 Å². The van der Waals surface area contributed by atoms with E-state index in [-0.39, 0.29) is 18.9 Å². The van der Waals surface area contributed by atoms with E-state index in [1.54, 1.807) is 30.3 Å². The lowest BCUT2D eigenvalue weighted by atomic mass is 10.0. The molecular weight excluding hydrogens is 518 g/mol. The lowest BCUT2D eigenvalue weighted by Gasteiger charge is -2.31. The molecule has 1 aliphatic heterocycles. The van der Waals surface area contributed by atoms with Crippen molar-refractivity contribution in [1.29, 1.82) is 0 Å². The average molecular weight is 550 g/mol. The molecule has 1 amide bonds. The van der Waals surface area contributed by atoms with Gasteiger partial charge in [-0.05, 0) is 67.6 Å². The van der Waals surface area contributed by atoms with E-state index in [0.29, 0.717) is 27.6 Å². The number of aliphatic carboxylic acids is 1. The van der Waals surface area contributed by atoms with Gasteiger partial charge in [-0.2, -0.15) is 4.99 Å². The fraction of sp³-hybridized carbons (Fsp3) is 0.276. The van der Waals surface area contributed by atoms with Crippen LogP contribution in [0.5, 0.6) is 11.5 Å². The van der Waals surface area contributed by atoms with Crippen LogP contribution in [-0.4, -0.2) is 42.1 Å². The van der Waals surface area contributed by atoms with Gasteiger partial charge in [0, 0.05) is 36.4 Å². The summed E-state index contributed by atoms with van der Waals surface area (Å²) in [5.74, 6) is -0.463. The molecule has 0 spiro atoms. The van der Waals surface area contributed by atoms with E-state index in [9.17, 15) is 9.59 Å². The molecular formula is C29H32ClN5O4. The lowest BCUT2D eigenvalue weighted by molar-refractivity contribution is -0.138. The second-order valence-electron chi connectivity index (χ2n) is 9.34. The first-order valence-corrected chi connectivity index (χ1v) is 13.2. The molecule has 1 heterocycles. The van der Waals surface area contributed by atoms with Crippen molar-refractivity contribution in [3.8, 4) is 11.5 Å². The number of para-hydroxylation sites is 1. The molecule has 0 aliphatic carbocycles. The first kappa shape index (κ1) is 27.9. The zero-order valence-corrected chi connectivity index (χ0v) is 22.2. The van der Waals surface area contributed by atoms with Crippen LogP contribution in [0.3, 0.4) is 0 Å². The molecule has 1 atom stereocenters. The number of guanidine groups is 1. The summed E-state index contributed by atoms with van der Waals surface area (Å²) in [4.78, 5) is 30.0. The maximum atomic E-state index is 12.7. The molecule has 204 valence electrons. The minimum absolute atomic E-state index is 0.0332. The topological polar surface area (TPSA) is 143 Å². The highest BCUT2D eigenvalue weighted by Gasteiger charge is 2.19. The molecule has 9 nitrogen and oxygen atoms in total. The molecule has 1 saturated heterocycles. The molecule has 0 aromatic heterocycles. The highest BCUT2D eigenvalue weighted by Crippen LogP contribution is 2.36. The van der Waals surface area contributed by atoms with Crippen molar-refractivity contribution in [2.75, 3.05) is 18.0 Å². The van der Waals surface area contributed by atoms with Crippen LogP contribution in [0.1, 0.15) is 40.7 Å². The normalized spacial score (nSPS) is 14.5. The minimum atomic E-state index is -1.08. The number of anilines is 1. The molecule has 3 aromatic rings. The number of carboxylic acid groups (broad SMARTS) is 1. The van der Waals surface area contributed by atoms with Gasteiger partial charge in [0.25, 0.3) is 5.91 Å². The summed E-state index contributed by atoms with van der Waals surface area (Å²) in [6.45, 7) is 2.16. The molecule has 1 aliphatic rings. The smallest absolute Gasteiger partial charge is 0.320 e. The number of carbonyl (C=O) groups excluding carboxylic acids is 1. The Morgan fingerprint density at radius 2 is 1.69 bits per heavy atom. The van der Waals surface area contributed by atoms with Gasteiger partial charge in [-0.1, -0.05) is 41.9 Å². The number of piperidine rings is 1. The minimum Gasteiger partial charge on any atom is -0.480 e. The number of nitrogens with zero attached hydrogens (tertiary/aromatic N) is 2. The Kier molecular flexibility index (Phi) is 9.40. The van der Waals surface area contributed by atoms with Crippen LogP contribution in [-0.2, 0) is 17.8 Å². The monoisotopic (exact) mass is 549 g/mol. The quantitative estimate of drug-likeness (QED) is 0.228. The fourth-order valence-corrected chi connectivity index (χ4v) is 4.60. The van der Waals surface area contributed by atoms with E-state index < -0.39 is 17.9 Å². The standard InChI is InChI=1S/C29H32ClN5O4/c30-22-7-2-3-9-26(22)39-25-10-6-8-24(35-15-4-1-5-16-35)21(25)18-33-29(32)34-27(36)20-13-11-19(12-14-20)17-23(31)28(37)38/h2-3,6-14,23H,1,4-5,15-18,31H2,(H,37,38)(H3,32,33,34,36). The van der Waals surface area contributed by atoms with Gasteiger partial charge in [-0.25, -0.2) is 0 Å². The summed E-state index contributed by atoms with van der Waals surface area (Å²) >= 11 is 6.35. The van der Waals surface area contributed by atoms with Crippen LogP contribution < -0.4 is 26.4 Å². The Balaban J connectivity index is 1.50. The van der Waals surface area contributed by atoms with Crippen LogP contribution in [0.15, 0.2) is 71.7 Å². The number of carboxylic acids is 1. The van der Waals surface area contributed by atoms with E-state index in [4.69, 9.17) is 32.9 Å². The van der Waals surface area contributed by atoms with Crippen molar-refractivity contribution in [3.63, 3.8) is 0 Å². The Bertz CT molecular complexity index is 1340. The Morgan fingerprint density at radius 1 is 1.00 bits per heavy atom. The van der Waals surface area contributed by atoms with E-state index in [0.717, 1.165) is 37.2 Å². The fourth-order valence-electron chi connectivity index (χ4n) is 4.42. The largest absolute Gasteiger partial charge is 0.480 e. The molecule has 4 rings (SSSR count). The number of ether oxygens (including phenoxy) is 1. The van der Waals surface area contributed by atoms with Gasteiger partial charge in [0.15, 0.2) is 5.96 Å². The van der Waals surface area contributed by atoms with Crippen LogP contribution in [0.4, 0.5) is 5.69 Å². The molecule has 1 unspecified atom stereocenters. The van der Waals surface area contributed by atoms with E-state index >= 15 is 0 Å². The summed E-state index contributed by atoms with van der Waals surface area (Å²) in [5.41, 5.74) is 14.6. The summed E-state index contributed by atoms with van der Waals surface area (Å²) in [6, 6.07) is 18.6. The number of aliphatic imine (C=N–C) groups is 1. The van der Waals surface area contributed by atoms with Crippen LogP contribution in [0.2, 0.25) is 5.02 Å². The molecule has 6 N–H and O–H groups in total. The van der Waals surface area contributed by atoms with Gasteiger partial charge in [0.2, 0.25) is 0 Å². The number of hydrogen-bond acceptors (Lipinski definition) is 5. The number of nitrogens with one attached hydrogen (secondary N) is 1. The second-order valence-corrected chi connectivity index (χ2v) is 9.74. The third-order valence-corrected chi connectivity index (χ3v) is 6.82. The Labute approximate surface area is 232 Å². The third-order valence-electron chi connectivity index (χ3n) is 6.50. The van der Waals surface area contributed by atoms with Crippen molar-refractivity contribution in [1.82, 2.24) is 5.32 Å². The number of halogens is 1. The summed E-state index contributed by atoms with van der Waals surface area (Å²) in [7, 11) is 0. The van der Waals surface area contributed by atoms with Crippen molar-refractivity contribution in [2.24, 2.45) is 16.5 Å².